The molecule has 0 bridgehead atoms. The number of ether oxygens (including phenoxy) is 1. The number of pyridine rings is 1. The average molecular weight is 312 g/mol. The minimum absolute atomic E-state index is 0.177. The Morgan fingerprint density at radius 3 is 2.72 bits per heavy atom. The molecular formula is C13H11BrFNO2. The average Bonchev–Trinajstić information content (AvgIpc) is 2.41. The van der Waals surface area contributed by atoms with Crippen LogP contribution in [0.2, 0.25) is 0 Å². The molecule has 0 saturated heterocycles. The summed E-state index contributed by atoms with van der Waals surface area (Å²) in [5, 5.41) is 10.2. The minimum Gasteiger partial charge on any atom is -0.481 e. The number of hydrogen-bond donors (Lipinski definition) is 1. The maximum absolute atomic E-state index is 13.9. The SMILES string of the molecule is COc1ncccc1C(O)c1cccc(Br)c1F. The van der Waals surface area contributed by atoms with Crippen molar-refractivity contribution in [3.05, 3.63) is 57.9 Å². The Balaban J connectivity index is 2.48. The summed E-state index contributed by atoms with van der Waals surface area (Å²) in [7, 11) is 1.45. The number of benzene rings is 1. The summed E-state index contributed by atoms with van der Waals surface area (Å²) >= 11 is 3.09. The Morgan fingerprint density at radius 2 is 2.00 bits per heavy atom. The van der Waals surface area contributed by atoms with Crippen LogP contribution in [0, 0.1) is 5.82 Å². The van der Waals surface area contributed by atoms with Gasteiger partial charge < -0.3 is 9.84 Å². The first-order valence-corrected chi connectivity index (χ1v) is 6.05. The molecule has 0 fully saturated rings. The molecule has 2 rings (SSSR count). The Morgan fingerprint density at radius 1 is 1.28 bits per heavy atom. The zero-order chi connectivity index (χ0) is 13.1. The van der Waals surface area contributed by atoms with Crippen LogP contribution in [0.25, 0.3) is 0 Å². The first-order chi connectivity index (χ1) is 8.65. The van der Waals surface area contributed by atoms with Crippen molar-refractivity contribution in [3.8, 4) is 5.88 Å². The van der Waals surface area contributed by atoms with Gasteiger partial charge in [0.05, 0.1) is 11.6 Å². The van der Waals surface area contributed by atoms with Gasteiger partial charge in [0.2, 0.25) is 5.88 Å². The van der Waals surface area contributed by atoms with Gasteiger partial charge in [-0.25, -0.2) is 9.37 Å². The summed E-state index contributed by atoms with van der Waals surface area (Å²) < 4.78 is 19.3. The second-order valence-corrected chi connectivity index (χ2v) is 4.50. The van der Waals surface area contributed by atoms with Crippen molar-refractivity contribution < 1.29 is 14.2 Å². The molecule has 0 amide bonds. The van der Waals surface area contributed by atoms with Crippen LogP contribution in [-0.2, 0) is 0 Å². The molecule has 0 saturated carbocycles. The van der Waals surface area contributed by atoms with Gasteiger partial charge >= 0.3 is 0 Å². The smallest absolute Gasteiger partial charge is 0.219 e. The number of hydrogen-bond acceptors (Lipinski definition) is 3. The lowest BCUT2D eigenvalue weighted by Gasteiger charge is -2.15. The number of aromatic nitrogens is 1. The molecule has 0 spiro atoms. The van der Waals surface area contributed by atoms with Gasteiger partial charge in [0, 0.05) is 17.3 Å². The number of rotatable bonds is 3. The van der Waals surface area contributed by atoms with E-state index in [0.717, 1.165) is 0 Å². The van der Waals surface area contributed by atoms with Crippen molar-refractivity contribution in [2.24, 2.45) is 0 Å². The molecule has 94 valence electrons. The van der Waals surface area contributed by atoms with Crippen molar-refractivity contribution in [2.45, 2.75) is 6.10 Å². The van der Waals surface area contributed by atoms with Crippen molar-refractivity contribution in [1.29, 1.82) is 0 Å². The molecule has 5 heteroatoms. The third-order valence-corrected chi connectivity index (χ3v) is 3.18. The zero-order valence-electron chi connectivity index (χ0n) is 9.60. The summed E-state index contributed by atoms with van der Waals surface area (Å²) in [6.45, 7) is 0. The second kappa shape index (κ2) is 5.46. The molecule has 1 heterocycles. The van der Waals surface area contributed by atoms with E-state index in [1.54, 1.807) is 30.5 Å². The summed E-state index contributed by atoms with van der Waals surface area (Å²) in [6, 6.07) is 8.07. The van der Waals surface area contributed by atoms with E-state index in [0.29, 0.717) is 10.0 Å². The highest BCUT2D eigenvalue weighted by Gasteiger charge is 2.20. The van der Waals surface area contributed by atoms with E-state index >= 15 is 0 Å². The van der Waals surface area contributed by atoms with E-state index < -0.39 is 11.9 Å². The van der Waals surface area contributed by atoms with Crippen LogP contribution in [0.1, 0.15) is 17.2 Å². The lowest BCUT2D eigenvalue weighted by Crippen LogP contribution is -2.06. The number of aliphatic hydroxyl groups is 1. The Kier molecular flexibility index (Phi) is 3.93. The van der Waals surface area contributed by atoms with Gasteiger partial charge in [0.25, 0.3) is 0 Å². The van der Waals surface area contributed by atoms with Gasteiger partial charge in [0.15, 0.2) is 0 Å². The van der Waals surface area contributed by atoms with Crippen LogP contribution >= 0.6 is 15.9 Å². The van der Waals surface area contributed by atoms with Crippen LogP contribution in [0.15, 0.2) is 41.0 Å². The standard InChI is InChI=1S/C13H11BrFNO2/c1-18-13-9(5-3-7-16-13)12(17)8-4-2-6-10(14)11(8)15/h2-7,12,17H,1H3. The predicted octanol–water partition coefficient (Wildman–Crippen LogP) is 3.07. The molecule has 0 aliphatic carbocycles. The van der Waals surface area contributed by atoms with Crippen LogP contribution in [0.5, 0.6) is 5.88 Å². The molecular weight excluding hydrogens is 301 g/mol. The maximum atomic E-state index is 13.9. The van der Waals surface area contributed by atoms with E-state index in [1.807, 2.05) is 0 Å². The fraction of sp³-hybridized carbons (Fsp3) is 0.154. The van der Waals surface area contributed by atoms with E-state index in [9.17, 15) is 9.50 Å². The Hall–Kier alpha value is -1.46. The fourth-order valence-electron chi connectivity index (χ4n) is 1.68. The summed E-state index contributed by atoms with van der Waals surface area (Å²) in [6.07, 6.45) is 0.429. The van der Waals surface area contributed by atoms with Gasteiger partial charge in [-0.3, -0.25) is 0 Å². The largest absolute Gasteiger partial charge is 0.481 e. The summed E-state index contributed by atoms with van der Waals surface area (Å²) in [4.78, 5) is 3.98. The molecule has 3 nitrogen and oxygen atoms in total. The first kappa shape index (κ1) is 13.0. The molecule has 0 aliphatic rings. The lowest BCUT2D eigenvalue weighted by molar-refractivity contribution is 0.208. The van der Waals surface area contributed by atoms with Gasteiger partial charge in [-0.2, -0.15) is 0 Å². The van der Waals surface area contributed by atoms with Gasteiger partial charge in [0.1, 0.15) is 11.9 Å². The van der Waals surface area contributed by atoms with Gasteiger partial charge in [-0.1, -0.05) is 12.1 Å². The normalized spacial score (nSPS) is 12.2. The van der Waals surface area contributed by atoms with Crippen LogP contribution < -0.4 is 4.74 Å². The monoisotopic (exact) mass is 311 g/mol. The third kappa shape index (κ3) is 2.37. The van der Waals surface area contributed by atoms with E-state index in [-0.39, 0.29) is 11.4 Å². The second-order valence-electron chi connectivity index (χ2n) is 3.65. The lowest BCUT2D eigenvalue weighted by atomic mass is 10.0. The highest BCUT2D eigenvalue weighted by Crippen LogP contribution is 2.31. The highest BCUT2D eigenvalue weighted by atomic mass is 79.9. The zero-order valence-corrected chi connectivity index (χ0v) is 11.2. The van der Waals surface area contributed by atoms with E-state index in [2.05, 4.69) is 20.9 Å². The number of methoxy groups -OCH3 is 1. The first-order valence-electron chi connectivity index (χ1n) is 5.26. The molecule has 0 aliphatic heterocycles. The van der Waals surface area contributed by atoms with Crippen LogP contribution in [0.3, 0.4) is 0 Å². The number of halogens is 2. The van der Waals surface area contributed by atoms with E-state index in [4.69, 9.17) is 4.74 Å². The van der Waals surface area contributed by atoms with E-state index in [1.165, 1.54) is 13.2 Å². The number of aliphatic hydroxyl groups excluding tert-OH is 1. The van der Waals surface area contributed by atoms with Gasteiger partial charge in [-0.15, -0.1) is 0 Å². The summed E-state index contributed by atoms with van der Waals surface area (Å²) in [5.74, 6) is -0.208. The quantitative estimate of drug-likeness (QED) is 0.947. The molecule has 2 aromatic rings. The van der Waals surface area contributed by atoms with Crippen LogP contribution in [-0.4, -0.2) is 17.2 Å². The van der Waals surface area contributed by atoms with Crippen LogP contribution in [0.4, 0.5) is 4.39 Å². The summed E-state index contributed by atoms with van der Waals surface area (Å²) in [5.41, 5.74) is 0.604. The molecule has 1 N–H and O–H groups in total. The van der Waals surface area contributed by atoms with Crippen molar-refractivity contribution in [2.75, 3.05) is 7.11 Å². The fourth-order valence-corrected chi connectivity index (χ4v) is 2.06. The molecule has 1 unspecified atom stereocenters. The number of nitrogens with zero attached hydrogens (tertiary/aromatic N) is 1. The minimum atomic E-state index is -1.12. The third-order valence-electron chi connectivity index (χ3n) is 2.56. The molecule has 18 heavy (non-hydrogen) atoms. The molecule has 1 aromatic heterocycles. The molecule has 1 atom stereocenters. The predicted molar refractivity (Wildman–Crippen MR) is 69.0 cm³/mol. The van der Waals surface area contributed by atoms with Gasteiger partial charge in [-0.05, 0) is 34.1 Å². The van der Waals surface area contributed by atoms with Crippen molar-refractivity contribution in [1.82, 2.24) is 4.98 Å². The molecule has 0 radical (unpaired) electrons. The molecule has 1 aromatic carbocycles. The maximum Gasteiger partial charge on any atom is 0.219 e. The topological polar surface area (TPSA) is 42.4 Å². The Labute approximate surface area is 112 Å². The van der Waals surface area contributed by atoms with Crippen molar-refractivity contribution in [3.63, 3.8) is 0 Å². The Bertz CT molecular complexity index is 562. The highest BCUT2D eigenvalue weighted by molar-refractivity contribution is 9.10. The van der Waals surface area contributed by atoms with Crippen molar-refractivity contribution >= 4 is 15.9 Å².